The molecule has 0 aliphatic heterocycles. The van der Waals surface area contributed by atoms with Gasteiger partial charge in [0.25, 0.3) is 0 Å². The SMILES string of the molecule is BrCc1ccc(Oc2cccc(I)c2)nc1. The first-order chi connectivity index (χ1) is 7.78. The first-order valence-corrected chi connectivity index (χ1v) is 6.92. The minimum atomic E-state index is 0.617. The average Bonchev–Trinajstić information content (AvgIpc) is 2.30. The summed E-state index contributed by atoms with van der Waals surface area (Å²) in [6.45, 7) is 0. The van der Waals surface area contributed by atoms with Gasteiger partial charge in [0.1, 0.15) is 5.75 Å². The lowest BCUT2D eigenvalue weighted by molar-refractivity contribution is 0.462. The minimum Gasteiger partial charge on any atom is -0.439 e. The molecule has 82 valence electrons. The van der Waals surface area contributed by atoms with Crippen molar-refractivity contribution in [2.24, 2.45) is 0 Å². The largest absolute Gasteiger partial charge is 0.439 e. The second kappa shape index (κ2) is 5.63. The number of aromatic nitrogens is 1. The van der Waals surface area contributed by atoms with Crippen LogP contribution in [0, 0.1) is 3.57 Å². The lowest BCUT2D eigenvalue weighted by Gasteiger charge is -2.05. The van der Waals surface area contributed by atoms with Gasteiger partial charge in [0, 0.05) is 21.2 Å². The van der Waals surface area contributed by atoms with Crippen LogP contribution in [-0.2, 0) is 5.33 Å². The van der Waals surface area contributed by atoms with E-state index in [4.69, 9.17) is 4.74 Å². The fourth-order valence-electron chi connectivity index (χ4n) is 1.20. The van der Waals surface area contributed by atoms with Crippen LogP contribution in [0.3, 0.4) is 0 Å². The molecule has 2 rings (SSSR count). The van der Waals surface area contributed by atoms with Crippen molar-refractivity contribution in [3.63, 3.8) is 0 Å². The molecule has 1 heterocycles. The lowest BCUT2D eigenvalue weighted by Crippen LogP contribution is -1.89. The molecule has 1 aromatic carbocycles. The van der Waals surface area contributed by atoms with E-state index in [1.54, 1.807) is 6.20 Å². The minimum absolute atomic E-state index is 0.617. The number of benzene rings is 1. The van der Waals surface area contributed by atoms with Crippen molar-refractivity contribution >= 4 is 38.5 Å². The highest BCUT2D eigenvalue weighted by Crippen LogP contribution is 2.21. The van der Waals surface area contributed by atoms with Crippen molar-refractivity contribution in [3.05, 3.63) is 51.7 Å². The molecule has 0 N–H and O–H groups in total. The summed E-state index contributed by atoms with van der Waals surface area (Å²) in [5, 5.41) is 0.809. The molecule has 0 aliphatic carbocycles. The number of hydrogen-bond acceptors (Lipinski definition) is 2. The van der Waals surface area contributed by atoms with Gasteiger partial charge in [-0.3, -0.25) is 0 Å². The Balaban J connectivity index is 2.14. The first-order valence-electron chi connectivity index (χ1n) is 4.72. The summed E-state index contributed by atoms with van der Waals surface area (Å²) in [7, 11) is 0. The van der Waals surface area contributed by atoms with Crippen LogP contribution in [0.5, 0.6) is 11.6 Å². The Morgan fingerprint density at radius 2 is 2.12 bits per heavy atom. The second-order valence-electron chi connectivity index (χ2n) is 3.20. The van der Waals surface area contributed by atoms with Crippen molar-refractivity contribution in [3.8, 4) is 11.6 Å². The Kier molecular flexibility index (Phi) is 4.17. The van der Waals surface area contributed by atoms with Crippen molar-refractivity contribution < 1.29 is 4.74 Å². The fraction of sp³-hybridized carbons (Fsp3) is 0.0833. The molecule has 0 unspecified atom stereocenters. The normalized spacial score (nSPS) is 10.1. The van der Waals surface area contributed by atoms with E-state index in [1.807, 2.05) is 36.4 Å². The van der Waals surface area contributed by atoms with Crippen LogP contribution in [0.1, 0.15) is 5.56 Å². The van der Waals surface area contributed by atoms with Gasteiger partial charge in [-0.25, -0.2) is 4.98 Å². The molecule has 0 amide bonds. The number of ether oxygens (including phenoxy) is 1. The predicted octanol–water partition coefficient (Wildman–Crippen LogP) is 4.37. The molecule has 0 radical (unpaired) electrons. The van der Waals surface area contributed by atoms with Gasteiger partial charge in [-0.15, -0.1) is 0 Å². The van der Waals surface area contributed by atoms with Crippen molar-refractivity contribution in [2.45, 2.75) is 5.33 Å². The Morgan fingerprint density at radius 3 is 2.75 bits per heavy atom. The van der Waals surface area contributed by atoms with Gasteiger partial charge in [0.15, 0.2) is 0 Å². The highest BCUT2D eigenvalue weighted by molar-refractivity contribution is 14.1. The molecule has 0 saturated carbocycles. The topological polar surface area (TPSA) is 22.1 Å². The average molecular weight is 390 g/mol. The van der Waals surface area contributed by atoms with Gasteiger partial charge in [0.2, 0.25) is 5.88 Å². The van der Waals surface area contributed by atoms with Crippen molar-refractivity contribution in [1.29, 1.82) is 0 Å². The number of halogens is 2. The molecule has 0 spiro atoms. The molecule has 0 saturated heterocycles. The van der Waals surface area contributed by atoms with Crippen LogP contribution in [0.15, 0.2) is 42.6 Å². The third kappa shape index (κ3) is 3.18. The van der Waals surface area contributed by atoms with Crippen molar-refractivity contribution in [1.82, 2.24) is 4.98 Å². The van der Waals surface area contributed by atoms with Gasteiger partial charge in [-0.05, 0) is 46.4 Å². The molecular weight excluding hydrogens is 381 g/mol. The third-order valence-electron chi connectivity index (χ3n) is 1.97. The summed E-state index contributed by atoms with van der Waals surface area (Å²) in [4.78, 5) is 4.22. The van der Waals surface area contributed by atoms with Crippen LogP contribution in [0.4, 0.5) is 0 Å². The summed E-state index contributed by atoms with van der Waals surface area (Å²) in [5.41, 5.74) is 1.13. The summed E-state index contributed by atoms with van der Waals surface area (Å²) >= 11 is 5.63. The molecular formula is C12H9BrINO. The van der Waals surface area contributed by atoms with E-state index in [-0.39, 0.29) is 0 Å². The molecule has 0 aliphatic rings. The summed E-state index contributed by atoms with van der Waals surface area (Å²) in [6.07, 6.45) is 1.80. The van der Waals surface area contributed by atoms with E-state index in [1.165, 1.54) is 0 Å². The van der Waals surface area contributed by atoms with Gasteiger partial charge in [-0.2, -0.15) is 0 Å². The summed E-state index contributed by atoms with van der Waals surface area (Å²) in [5.74, 6) is 1.43. The fourth-order valence-corrected chi connectivity index (χ4v) is 2.05. The maximum Gasteiger partial charge on any atom is 0.219 e. The quantitative estimate of drug-likeness (QED) is 0.574. The number of nitrogens with zero attached hydrogens (tertiary/aromatic N) is 1. The Morgan fingerprint density at radius 1 is 1.25 bits per heavy atom. The smallest absolute Gasteiger partial charge is 0.219 e. The zero-order valence-corrected chi connectivity index (χ0v) is 12.1. The third-order valence-corrected chi connectivity index (χ3v) is 3.29. The molecule has 2 aromatic rings. The van der Waals surface area contributed by atoms with Gasteiger partial charge in [0.05, 0.1) is 0 Å². The molecule has 0 bridgehead atoms. The molecule has 1 aromatic heterocycles. The number of rotatable bonds is 3. The van der Waals surface area contributed by atoms with Gasteiger partial charge >= 0.3 is 0 Å². The van der Waals surface area contributed by atoms with Crippen LogP contribution < -0.4 is 4.74 Å². The Bertz CT molecular complexity index is 473. The molecule has 0 atom stereocenters. The molecule has 4 heteroatoms. The lowest BCUT2D eigenvalue weighted by atomic mass is 10.3. The Labute approximate surface area is 116 Å². The van der Waals surface area contributed by atoms with Gasteiger partial charge in [-0.1, -0.05) is 28.1 Å². The Hall–Kier alpha value is -0.620. The van der Waals surface area contributed by atoms with Crippen LogP contribution in [0.2, 0.25) is 0 Å². The maximum atomic E-state index is 5.63. The first kappa shape index (κ1) is 11.9. The molecule has 2 nitrogen and oxygen atoms in total. The van der Waals surface area contributed by atoms with E-state index in [0.29, 0.717) is 5.88 Å². The molecule has 0 fully saturated rings. The summed E-state index contributed by atoms with van der Waals surface area (Å²) in [6, 6.07) is 11.7. The van der Waals surface area contributed by atoms with Crippen LogP contribution >= 0.6 is 38.5 Å². The summed E-state index contributed by atoms with van der Waals surface area (Å²) < 4.78 is 6.77. The predicted molar refractivity (Wildman–Crippen MR) is 76.1 cm³/mol. The zero-order chi connectivity index (χ0) is 11.4. The van der Waals surface area contributed by atoms with E-state index in [0.717, 1.165) is 20.2 Å². The number of alkyl halides is 1. The number of pyridine rings is 1. The van der Waals surface area contributed by atoms with Crippen LogP contribution in [0.25, 0.3) is 0 Å². The number of hydrogen-bond donors (Lipinski definition) is 0. The highest BCUT2D eigenvalue weighted by atomic mass is 127. The van der Waals surface area contributed by atoms with Crippen molar-refractivity contribution in [2.75, 3.05) is 0 Å². The molecule has 16 heavy (non-hydrogen) atoms. The van der Waals surface area contributed by atoms with E-state index in [2.05, 4.69) is 43.5 Å². The van der Waals surface area contributed by atoms with Gasteiger partial charge < -0.3 is 4.74 Å². The second-order valence-corrected chi connectivity index (χ2v) is 5.00. The van der Waals surface area contributed by atoms with E-state index in [9.17, 15) is 0 Å². The van der Waals surface area contributed by atoms with E-state index < -0.39 is 0 Å². The monoisotopic (exact) mass is 389 g/mol. The van der Waals surface area contributed by atoms with Crippen LogP contribution in [-0.4, -0.2) is 4.98 Å². The maximum absolute atomic E-state index is 5.63. The standard InChI is InChI=1S/C12H9BrINO/c13-7-9-4-5-12(15-8-9)16-11-3-1-2-10(14)6-11/h1-6,8H,7H2. The zero-order valence-electron chi connectivity index (χ0n) is 8.36. The van der Waals surface area contributed by atoms with E-state index >= 15 is 0 Å². The highest BCUT2D eigenvalue weighted by Gasteiger charge is 1.99.